The summed E-state index contributed by atoms with van der Waals surface area (Å²) in [7, 11) is 7.83. The van der Waals surface area contributed by atoms with Gasteiger partial charge in [0.15, 0.2) is 0 Å². The zero-order valence-electron chi connectivity index (χ0n) is 16.4. The lowest BCUT2D eigenvalue weighted by Gasteiger charge is -2.23. The van der Waals surface area contributed by atoms with Crippen LogP contribution in [-0.2, 0) is 11.2 Å². The monoisotopic (exact) mass is 358 g/mol. The maximum atomic E-state index is 11.5. The van der Waals surface area contributed by atoms with Crippen LogP contribution in [0.2, 0.25) is 0 Å². The Labute approximate surface area is 156 Å². The van der Waals surface area contributed by atoms with Gasteiger partial charge < -0.3 is 25.8 Å². The minimum atomic E-state index is -0.0424. The SMILES string of the molecule is CNc1cc(CCCN(C)C)ccc1NC1=CC(N(C)C(C)=O)=NCN1. The molecule has 3 N–H and O–H groups in total. The summed E-state index contributed by atoms with van der Waals surface area (Å²) in [6.07, 6.45) is 4.02. The summed E-state index contributed by atoms with van der Waals surface area (Å²) in [6.45, 7) is 3.04. The van der Waals surface area contributed by atoms with Gasteiger partial charge >= 0.3 is 0 Å². The van der Waals surface area contributed by atoms with E-state index in [1.165, 1.54) is 17.4 Å². The Morgan fingerprint density at radius 2 is 2.04 bits per heavy atom. The van der Waals surface area contributed by atoms with E-state index >= 15 is 0 Å². The molecular formula is C19H30N6O. The third kappa shape index (κ3) is 5.49. The fraction of sp³-hybridized carbons (Fsp3) is 0.474. The highest BCUT2D eigenvalue weighted by molar-refractivity contribution is 6.04. The highest BCUT2D eigenvalue weighted by atomic mass is 16.2. The third-order valence-electron chi connectivity index (χ3n) is 4.29. The molecule has 0 aliphatic carbocycles. The number of nitrogens with zero attached hydrogens (tertiary/aromatic N) is 3. The largest absolute Gasteiger partial charge is 0.386 e. The van der Waals surface area contributed by atoms with E-state index < -0.39 is 0 Å². The standard InChI is InChI=1S/C19H30N6O/c1-14(26)25(5)19-12-18(21-13-22-19)23-16-9-8-15(11-17(16)20-2)7-6-10-24(3)4/h8-9,11-12,20-21,23H,6-7,10,13H2,1-5H3. The molecule has 1 aliphatic heterocycles. The van der Waals surface area contributed by atoms with Crippen LogP contribution in [0.5, 0.6) is 0 Å². The Bertz CT molecular complexity index is 695. The van der Waals surface area contributed by atoms with Crippen molar-refractivity contribution in [3.63, 3.8) is 0 Å². The van der Waals surface area contributed by atoms with Crippen molar-refractivity contribution < 1.29 is 4.79 Å². The van der Waals surface area contributed by atoms with E-state index in [2.05, 4.69) is 58.1 Å². The van der Waals surface area contributed by atoms with E-state index in [1.807, 2.05) is 13.1 Å². The van der Waals surface area contributed by atoms with Gasteiger partial charge in [-0.25, -0.2) is 4.99 Å². The number of nitrogens with one attached hydrogen (secondary N) is 3. The molecule has 2 rings (SSSR count). The molecule has 0 bridgehead atoms. The molecule has 1 heterocycles. The average molecular weight is 358 g/mol. The van der Waals surface area contributed by atoms with Crippen LogP contribution in [-0.4, -0.2) is 62.9 Å². The normalized spacial score (nSPS) is 13.6. The van der Waals surface area contributed by atoms with Gasteiger partial charge in [0.25, 0.3) is 0 Å². The molecule has 1 amide bonds. The second-order valence-electron chi connectivity index (χ2n) is 6.65. The van der Waals surface area contributed by atoms with E-state index in [4.69, 9.17) is 0 Å². The zero-order chi connectivity index (χ0) is 19.1. The molecule has 0 fully saturated rings. The van der Waals surface area contributed by atoms with Gasteiger partial charge in [-0.2, -0.15) is 0 Å². The number of hydrogen-bond acceptors (Lipinski definition) is 6. The Morgan fingerprint density at radius 3 is 2.69 bits per heavy atom. The van der Waals surface area contributed by atoms with Crippen LogP contribution in [0.25, 0.3) is 0 Å². The van der Waals surface area contributed by atoms with Crippen LogP contribution in [0, 0.1) is 0 Å². The van der Waals surface area contributed by atoms with Crippen molar-refractivity contribution in [3.8, 4) is 0 Å². The lowest BCUT2D eigenvalue weighted by atomic mass is 10.1. The molecule has 0 aromatic heterocycles. The number of likely N-dealkylation sites (N-methyl/N-ethyl adjacent to an activating group) is 1. The van der Waals surface area contributed by atoms with Crippen LogP contribution in [0.4, 0.5) is 11.4 Å². The molecule has 1 aromatic rings. The second-order valence-corrected chi connectivity index (χ2v) is 6.65. The summed E-state index contributed by atoms with van der Waals surface area (Å²) < 4.78 is 0. The van der Waals surface area contributed by atoms with E-state index in [9.17, 15) is 4.79 Å². The highest BCUT2D eigenvalue weighted by Crippen LogP contribution is 2.25. The molecule has 7 heteroatoms. The lowest BCUT2D eigenvalue weighted by molar-refractivity contribution is -0.124. The van der Waals surface area contributed by atoms with Crippen molar-refractivity contribution in [1.29, 1.82) is 0 Å². The third-order valence-corrected chi connectivity index (χ3v) is 4.29. The summed E-state index contributed by atoms with van der Waals surface area (Å²) >= 11 is 0. The summed E-state index contributed by atoms with van der Waals surface area (Å²) in [5.41, 5.74) is 3.33. The lowest BCUT2D eigenvalue weighted by Crippen LogP contribution is -2.35. The Morgan fingerprint density at radius 1 is 1.27 bits per heavy atom. The van der Waals surface area contributed by atoms with E-state index in [0.29, 0.717) is 12.5 Å². The summed E-state index contributed by atoms with van der Waals surface area (Å²) in [6, 6.07) is 6.41. The summed E-state index contributed by atoms with van der Waals surface area (Å²) in [5.74, 6) is 1.42. The Kier molecular flexibility index (Phi) is 7.03. The molecule has 0 radical (unpaired) electrons. The van der Waals surface area contributed by atoms with Crippen molar-refractivity contribution in [2.24, 2.45) is 4.99 Å². The first-order valence-electron chi connectivity index (χ1n) is 8.87. The minimum Gasteiger partial charge on any atom is -0.386 e. The molecule has 0 atom stereocenters. The molecule has 1 aliphatic rings. The number of aryl methyl sites for hydroxylation is 1. The van der Waals surface area contributed by atoms with Gasteiger partial charge in [-0.15, -0.1) is 0 Å². The van der Waals surface area contributed by atoms with Gasteiger partial charge in [-0.3, -0.25) is 4.79 Å². The van der Waals surface area contributed by atoms with E-state index in [-0.39, 0.29) is 5.91 Å². The van der Waals surface area contributed by atoms with Crippen molar-refractivity contribution in [2.75, 3.05) is 52.0 Å². The minimum absolute atomic E-state index is 0.0424. The van der Waals surface area contributed by atoms with E-state index in [1.54, 1.807) is 7.05 Å². The predicted octanol–water partition coefficient (Wildman–Crippen LogP) is 1.91. The number of amidine groups is 1. The molecule has 0 saturated carbocycles. The molecular weight excluding hydrogens is 328 g/mol. The molecule has 7 nitrogen and oxygen atoms in total. The zero-order valence-corrected chi connectivity index (χ0v) is 16.4. The van der Waals surface area contributed by atoms with Gasteiger partial charge in [0, 0.05) is 27.1 Å². The Balaban J connectivity index is 2.09. The van der Waals surface area contributed by atoms with Crippen LogP contribution >= 0.6 is 0 Å². The van der Waals surface area contributed by atoms with Crippen LogP contribution in [0.3, 0.4) is 0 Å². The van der Waals surface area contributed by atoms with Crippen molar-refractivity contribution in [3.05, 3.63) is 35.7 Å². The molecule has 142 valence electrons. The van der Waals surface area contributed by atoms with Crippen LogP contribution in [0.15, 0.2) is 35.1 Å². The van der Waals surface area contributed by atoms with Crippen molar-refractivity contribution in [1.82, 2.24) is 15.1 Å². The first-order valence-corrected chi connectivity index (χ1v) is 8.87. The fourth-order valence-electron chi connectivity index (χ4n) is 2.68. The molecule has 1 aromatic carbocycles. The number of hydrogen-bond donors (Lipinski definition) is 3. The molecule has 0 saturated heterocycles. The number of carbonyl (C=O) groups excluding carboxylic acids is 1. The molecule has 0 unspecified atom stereocenters. The van der Waals surface area contributed by atoms with Gasteiger partial charge in [0.1, 0.15) is 18.3 Å². The highest BCUT2D eigenvalue weighted by Gasteiger charge is 2.14. The van der Waals surface area contributed by atoms with Crippen LogP contribution < -0.4 is 16.0 Å². The van der Waals surface area contributed by atoms with Gasteiger partial charge in [-0.05, 0) is 51.2 Å². The average Bonchev–Trinajstić information content (AvgIpc) is 2.62. The summed E-state index contributed by atoms with van der Waals surface area (Å²) in [4.78, 5) is 19.6. The second kappa shape index (κ2) is 9.24. The van der Waals surface area contributed by atoms with Gasteiger partial charge in [-0.1, -0.05) is 6.07 Å². The molecule has 26 heavy (non-hydrogen) atoms. The number of amides is 1. The Hall–Kier alpha value is -2.54. The number of carbonyl (C=O) groups is 1. The number of rotatable bonds is 7. The molecule has 0 spiro atoms. The van der Waals surface area contributed by atoms with Gasteiger partial charge in [0.2, 0.25) is 5.91 Å². The quantitative estimate of drug-likeness (QED) is 0.695. The number of aliphatic imine (C=N–C) groups is 1. The maximum Gasteiger partial charge on any atom is 0.224 e. The number of anilines is 2. The van der Waals surface area contributed by atoms with Crippen molar-refractivity contribution in [2.45, 2.75) is 19.8 Å². The topological polar surface area (TPSA) is 72.0 Å². The van der Waals surface area contributed by atoms with Crippen LogP contribution in [0.1, 0.15) is 18.9 Å². The number of benzene rings is 1. The fourth-order valence-corrected chi connectivity index (χ4v) is 2.68. The van der Waals surface area contributed by atoms with Crippen molar-refractivity contribution >= 4 is 23.1 Å². The van der Waals surface area contributed by atoms with Gasteiger partial charge in [0.05, 0.1) is 11.4 Å². The smallest absolute Gasteiger partial charge is 0.224 e. The summed E-state index contributed by atoms with van der Waals surface area (Å²) in [5, 5.41) is 9.84. The first-order chi connectivity index (χ1) is 12.4. The first kappa shape index (κ1) is 19.8. The predicted molar refractivity (Wildman–Crippen MR) is 108 cm³/mol. The maximum absolute atomic E-state index is 11.5. The van der Waals surface area contributed by atoms with E-state index in [0.717, 1.165) is 36.6 Å².